The van der Waals surface area contributed by atoms with Crippen LogP contribution in [0.15, 0.2) is 48.5 Å². The molecule has 0 aromatic heterocycles. The number of carbonyl (C=O) groups is 1. The second-order valence-corrected chi connectivity index (χ2v) is 4.18. The van der Waals surface area contributed by atoms with Crippen LogP contribution in [0.5, 0.6) is 0 Å². The van der Waals surface area contributed by atoms with Gasteiger partial charge < -0.3 is 10.5 Å². The van der Waals surface area contributed by atoms with Gasteiger partial charge in [0, 0.05) is 16.8 Å². The van der Waals surface area contributed by atoms with E-state index in [1.807, 2.05) is 30.3 Å². The fourth-order valence-corrected chi connectivity index (χ4v) is 1.70. The summed E-state index contributed by atoms with van der Waals surface area (Å²) in [5, 5.41) is 0. The summed E-state index contributed by atoms with van der Waals surface area (Å²) in [7, 11) is 0. The van der Waals surface area contributed by atoms with E-state index in [4.69, 9.17) is 10.5 Å². The third kappa shape index (κ3) is 3.63. The lowest BCUT2D eigenvalue weighted by Crippen LogP contribution is -2.04. The molecule has 3 heteroatoms. The molecule has 0 saturated heterocycles. The van der Waals surface area contributed by atoms with Crippen molar-refractivity contribution in [2.75, 3.05) is 12.3 Å². The van der Waals surface area contributed by atoms with Gasteiger partial charge in [-0.3, -0.25) is 0 Å². The van der Waals surface area contributed by atoms with Crippen molar-refractivity contribution in [1.82, 2.24) is 0 Å². The second-order valence-electron chi connectivity index (χ2n) is 4.18. The van der Waals surface area contributed by atoms with Gasteiger partial charge in [-0.05, 0) is 43.3 Å². The van der Waals surface area contributed by atoms with Crippen LogP contribution in [0.3, 0.4) is 0 Å². The van der Waals surface area contributed by atoms with Crippen molar-refractivity contribution in [2.24, 2.45) is 0 Å². The molecular formula is C17H15NO2. The van der Waals surface area contributed by atoms with Crippen LogP contribution in [-0.2, 0) is 4.74 Å². The number of anilines is 1. The Morgan fingerprint density at radius 3 is 2.40 bits per heavy atom. The van der Waals surface area contributed by atoms with Crippen LogP contribution in [-0.4, -0.2) is 12.6 Å². The summed E-state index contributed by atoms with van der Waals surface area (Å²) in [5.41, 5.74) is 8.48. The fourth-order valence-electron chi connectivity index (χ4n) is 1.70. The van der Waals surface area contributed by atoms with Crippen LogP contribution in [0.1, 0.15) is 28.4 Å². The number of ether oxygens (including phenoxy) is 1. The maximum atomic E-state index is 11.6. The van der Waals surface area contributed by atoms with Crippen molar-refractivity contribution in [1.29, 1.82) is 0 Å². The monoisotopic (exact) mass is 265 g/mol. The molecule has 20 heavy (non-hydrogen) atoms. The minimum absolute atomic E-state index is 0.333. The van der Waals surface area contributed by atoms with Crippen molar-refractivity contribution in [3.05, 3.63) is 65.2 Å². The Kier molecular flexibility index (Phi) is 4.41. The second kappa shape index (κ2) is 6.44. The standard InChI is InChI=1S/C17H15NO2/c1-2-20-17(19)15-7-3-5-13(11-15)9-10-14-6-4-8-16(18)12-14/h3-8,11-12H,2,18H2,1H3. The van der Waals surface area contributed by atoms with Crippen LogP contribution >= 0.6 is 0 Å². The molecule has 2 rings (SSSR count). The van der Waals surface area contributed by atoms with Crippen LogP contribution in [0.2, 0.25) is 0 Å². The van der Waals surface area contributed by atoms with Gasteiger partial charge in [0.1, 0.15) is 0 Å². The number of hydrogen-bond acceptors (Lipinski definition) is 3. The highest BCUT2D eigenvalue weighted by molar-refractivity contribution is 5.89. The quantitative estimate of drug-likeness (QED) is 0.516. The lowest BCUT2D eigenvalue weighted by atomic mass is 10.1. The van der Waals surface area contributed by atoms with E-state index >= 15 is 0 Å². The molecule has 0 atom stereocenters. The summed E-state index contributed by atoms with van der Waals surface area (Å²) in [4.78, 5) is 11.6. The number of esters is 1. The lowest BCUT2D eigenvalue weighted by Gasteiger charge is -2.01. The number of benzene rings is 2. The first kappa shape index (κ1) is 13.7. The predicted molar refractivity (Wildman–Crippen MR) is 79.2 cm³/mol. The molecule has 0 amide bonds. The summed E-state index contributed by atoms with van der Waals surface area (Å²) >= 11 is 0. The average molecular weight is 265 g/mol. The largest absolute Gasteiger partial charge is 0.462 e. The van der Waals surface area contributed by atoms with E-state index < -0.39 is 0 Å². The highest BCUT2D eigenvalue weighted by Gasteiger charge is 2.05. The van der Waals surface area contributed by atoms with Gasteiger partial charge >= 0.3 is 5.97 Å². The van der Waals surface area contributed by atoms with E-state index in [1.54, 1.807) is 25.1 Å². The Hall–Kier alpha value is -2.73. The topological polar surface area (TPSA) is 52.3 Å². The summed E-state index contributed by atoms with van der Waals surface area (Å²) in [6.45, 7) is 2.14. The molecule has 0 unspecified atom stereocenters. The van der Waals surface area contributed by atoms with E-state index in [1.165, 1.54) is 0 Å². The maximum absolute atomic E-state index is 11.6. The van der Waals surface area contributed by atoms with Gasteiger partial charge in [0.15, 0.2) is 0 Å². The first-order valence-electron chi connectivity index (χ1n) is 6.34. The summed E-state index contributed by atoms with van der Waals surface area (Å²) in [6.07, 6.45) is 0. The third-order valence-electron chi connectivity index (χ3n) is 2.61. The zero-order valence-electron chi connectivity index (χ0n) is 11.2. The number of nitrogen functional groups attached to an aromatic ring is 1. The third-order valence-corrected chi connectivity index (χ3v) is 2.61. The van der Waals surface area contributed by atoms with Crippen LogP contribution in [0, 0.1) is 11.8 Å². The van der Waals surface area contributed by atoms with Gasteiger partial charge in [0.2, 0.25) is 0 Å². The Labute approximate surface area is 118 Å². The fraction of sp³-hybridized carbons (Fsp3) is 0.118. The predicted octanol–water partition coefficient (Wildman–Crippen LogP) is 2.85. The Morgan fingerprint density at radius 2 is 1.75 bits per heavy atom. The number of nitrogens with two attached hydrogens (primary N) is 1. The van der Waals surface area contributed by atoms with E-state index in [-0.39, 0.29) is 5.97 Å². The molecule has 2 aromatic carbocycles. The molecular weight excluding hydrogens is 250 g/mol. The first-order valence-corrected chi connectivity index (χ1v) is 6.34. The van der Waals surface area contributed by atoms with Crippen LogP contribution < -0.4 is 5.73 Å². The van der Waals surface area contributed by atoms with Crippen LogP contribution in [0.25, 0.3) is 0 Å². The van der Waals surface area contributed by atoms with Crippen molar-refractivity contribution in [3.63, 3.8) is 0 Å². The minimum Gasteiger partial charge on any atom is -0.462 e. The number of rotatable bonds is 2. The van der Waals surface area contributed by atoms with Crippen LogP contribution in [0.4, 0.5) is 5.69 Å². The molecule has 0 aliphatic rings. The molecule has 0 aliphatic heterocycles. The summed E-state index contributed by atoms with van der Waals surface area (Å²) < 4.78 is 4.96. The molecule has 0 aliphatic carbocycles. The van der Waals surface area contributed by atoms with E-state index in [0.717, 1.165) is 11.1 Å². The molecule has 0 fully saturated rings. The molecule has 0 bridgehead atoms. The van der Waals surface area contributed by atoms with Gasteiger partial charge in [-0.1, -0.05) is 24.0 Å². The highest BCUT2D eigenvalue weighted by Crippen LogP contribution is 2.08. The van der Waals surface area contributed by atoms with Gasteiger partial charge in [-0.2, -0.15) is 0 Å². The Morgan fingerprint density at radius 1 is 1.10 bits per heavy atom. The highest BCUT2D eigenvalue weighted by atomic mass is 16.5. The maximum Gasteiger partial charge on any atom is 0.338 e. The number of hydrogen-bond donors (Lipinski definition) is 1. The SMILES string of the molecule is CCOC(=O)c1cccc(C#Cc2cccc(N)c2)c1. The average Bonchev–Trinajstić information content (AvgIpc) is 2.46. The first-order chi connectivity index (χ1) is 9.69. The molecule has 2 aromatic rings. The van der Waals surface area contributed by atoms with Crippen molar-refractivity contribution < 1.29 is 9.53 Å². The van der Waals surface area contributed by atoms with Crippen molar-refractivity contribution in [2.45, 2.75) is 6.92 Å². The lowest BCUT2D eigenvalue weighted by molar-refractivity contribution is 0.0526. The summed E-state index contributed by atoms with van der Waals surface area (Å²) in [5.74, 6) is 5.70. The molecule has 0 heterocycles. The smallest absolute Gasteiger partial charge is 0.338 e. The Balaban J connectivity index is 2.23. The minimum atomic E-state index is -0.333. The summed E-state index contributed by atoms with van der Waals surface area (Å²) in [6, 6.07) is 14.4. The van der Waals surface area contributed by atoms with E-state index in [0.29, 0.717) is 17.9 Å². The normalized spacial score (nSPS) is 9.45. The molecule has 0 radical (unpaired) electrons. The van der Waals surface area contributed by atoms with Crippen molar-refractivity contribution in [3.8, 4) is 11.8 Å². The van der Waals surface area contributed by atoms with Gasteiger partial charge in [0.05, 0.1) is 12.2 Å². The Bertz CT molecular complexity index is 681. The van der Waals surface area contributed by atoms with Gasteiger partial charge in [-0.15, -0.1) is 0 Å². The molecule has 3 nitrogen and oxygen atoms in total. The zero-order chi connectivity index (χ0) is 14.4. The van der Waals surface area contributed by atoms with Gasteiger partial charge in [0.25, 0.3) is 0 Å². The molecule has 100 valence electrons. The molecule has 2 N–H and O–H groups in total. The van der Waals surface area contributed by atoms with Crippen molar-refractivity contribution >= 4 is 11.7 Å². The zero-order valence-corrected chi connectivity index (χ0v) is 11.2. The molecule has 0 saturated carbocycles. The van der Waals surface area contributed by atoms with E-state index in [2.05, 4.69) is 11.8 Å². The van der Waals surface area contributed by atoms with E-state index in [9.17, 15) is 4.79 Å². The van der Waals surface area contributed by atoms with Gasteiger partial charge in [-0.25, -0.2) is 4.79 Å². The number of carbonyl (C=O) groups excluding carboxylic acids is 1. The molecule has 0 spiro atoms.